The number of alkyl carbamates (subject to hydrolysis) is 1. The smallest absolute Gasteiger partial charge is 0.407 e. The van der Waals surface area contributed by atoms with Crippen LogP contribution in [-0.2, 0) is 4.74 Å². The minimum atomic E-state index is -0.381. The monoisotopic (exact) mass is 417 g/mol. The van der Waals surface area contributed by atoms with Crippen LogP contribution < -0.4 is 10.2 Å². The van der Waals surface area contributed by atoms with Crippen molar-refractivity contribution in [2.45, 2.75) is 18.9 Å². The van der Waals surface area contributed by atoms with E-state index in [1.54, 1.807) is 0 Å². The Bertz CT molecular complexity index is 710. The van der Waals surface area contributed by atoms with Crippen molar-refractivity contribution in [2.75, 3.05) is 78.5 Å². The van der Waals surface area contributed by atoms with Crippen LogP contribution >= 0.6 is 0 Å². The zero-order chi connectivity index (χ0) is 21.5. The second kappa shape index (κ2) is 10.6. The summed E-state index contributed by atoms with van der Waals surface area (Å²) in [4.78, 5) is 33.6. The molecule has 2 saturated heterocycles. The van der Waals surface area contributed by atoms with E-state index in [1.807, 2.05) is 29.2 Å². The lowest BCUT2D eigenvalue weighted by molar-refractivity contribution is 0.0630. The summed E-state index contributed by atoms with van der Waals surface area (Å²) >= 11 is 0. The number of piperidine rings is 1. The third kappa shape index (κ3) is 5.86. The van der Waals surface area contributed by atoms with Gasteiger partial charge in [0.25, 0.3) is 5.91 Å². The molecule has 0 spiro atoms. The zero-order valence-electron chi connectivity index (χ0n) is 18.5. The summed E-state index contributed by atoms with van der Waals surface area (Å²) in [5, 5.41) is 2.88. The van der Waals surface area contributed by atoms with Crippen molar-refractivity contribution in [3.05, 3.63) is 29.8 Å². The van der Waals surface area contributed by atoms with Crippen LogP contribution in [0.2, 0.25) is 0 Å². The van der Waals surface area contributed by atoms with Gasteiger partial charge < -0.3 is 24.8 Å². The number of amides is 2. The average Bonchev–Trinajstić information content (AvgIpc) is 2.78. The molecular formula is C22H35N5O3. The van der Waals surface area contributed by atoms with Gasteiger partial charge in [0, 0.05) is 64.1 Å². The molecule has 0 aromatic heterocycles. The largest absolute Gasteiger partial charge is 0.453 e. The number of piperazine rings is 1. The molecule has 1 aromatic carbocycles. The molecule has 30 heavy (non-hydrogen) atoms. The first-order chi connectivity index (χ1) is 14.5. The molecule has 8 nitrogen and oxygen atoms in total. The summed E-state index contributed by atoms with van der Waals surface area (Å²) < 4.78 is 4.70. The number of hydrogen-bond donors (Lipinski definition) is 1. The summed E-state index contributed by atoms with van der Waals surface area (Å²) in [7, 11) is 5.56. The highest BCUT2D eigenvalue weighted by molar-refractivity contribution is 6.00. The molecule has 8 heteroatoms. The van der Waals surface area contributed by atoms with Gasteiger partial charge >= 0.3 is 6.09 Å². The predicted octanol–water partition coefficient (Wildman–Crippen LogP) is 1.33. The number of methoxy groups -OCH3 is 1. The van der Waals surface area contributed by atoms with Crippen LogP contribution in [-0.4, -0.2) is 106 Å². The summed E-state index contributed by atoms with van der Waals surface area (Å²) in [6.07, 6.45) is 1.29. The minimum Gasteiger partial charge on any atom is -0.453 e. The van der Waals surface area contributed by atoms with Crippen molar-refractivity contribution in [1.82, 2.24) is 20.0 Å². The van der Waals surface area contributed by atoms with Crippen molar-refractivity contribution in [3.63, 3.8) is 0 Å². The third-order valence-electron chi connectivity index (χ3n) is 6.00. The Morgan fingerprint density at radius 1 is 1.07 bits per heavy atom. The Morgan fingerprint density at radius 2 is 1.73 bits per heavy atom. The first-order valence-corrected chi connectivity index (χ1v) is 10.8. The molecule has 2 fully saturated rings. The van der Waals surface area contributed by atoms with E-state index < -0.39 is 0 Å². The molecule has 2 heterocycles. The van der Waals surface area contributed by atoms with E-state index in [0.717, 1.165) is 76.5 Å². The highest BCUT2D eigenvalue weighted by Crippen LogP contribution is 2.26. The Hall–Kier alpha value is -2.32. The lowest BCUT2D eigenvalue weighted by Gasteiger charge is -2.37. The summed E-state index contributed by atoms with van der Waals surface area (Å²) in [5.41, 5.74) is 1.77. The van der Waals surface area contributed by atoms with Gasteiger partial charge in [0.2, 0.25) is 0 Å². The normalized spacial score (nSPS) is 18.5. The van der Waals surface area contributed by atoms with E-state index in [4.69, 9.17) is 4.74 Å². The molecule has 0 radical (unpaired) electrons. The molecule has 0 unspecified atom stereocenters. The van der Waals surface area contributed by atoms with E-state index in [-0.39, 0.29) is 18.0 Å². The molecular weight excluding hydrogens is 382 g/mol. The fourth-order valence-electron chi connectivity index (χ4n) is 4.11. The number of hydrogen-bond acceptors (Lipinski definition) is 6. The number of likely N-dealkylation sites (N-methyl/N-ethyl adjacent to an activating group) is 1. The molecule has 0 bridgehead atoms. The highest BCUT2D eigenvalue weighted by atomic mass is 16.5. The predicted molar refractivity (Wildman–Crippen MR) is 118 cm³/mol. The standard InChI is InChI=1S/C22H35N5O3/c1-24(2)12-13-25-14-16-27(17-15-25)21(28)19-6-4-5-7-20(19)26-10-8-18(9-11-26)23-22(29)30-3/h4-7,18H,8-17H2,1-3H3,(H,23,29). The van der Waals surface area contributed by atoms with Gasteiger partial charge in [0.1, 0.15) is 0 Å². The average molecular weight is 418 g/mol. The molecule has 0 aliphatic carbocycles. The number of para-hydroxylation sites is 1. The Balaban J connectivity index is 1.58. The first kappa shape index (κ1) is 22.4. The molecule has 3 rings (SSSR count). The molecule has 2 aliphatic heterocycles. The number of carbonyl (C=O) groups excluding carboxylic acids is 2. The van der Waals surface area contributed by atoms with E-state index in [0.29, 0.717) is 0 Å². The van der Waals surface area contributed by atoms with E-state index in [1.165, 1.54) is 7.11 Å². The minimum absolute atomic E-state index is 0.117. The van der Waals surface area contributed by atoms with Crippen molar-refractivity contribution >= 4 is 17.7 Å². The zero-order valence-corrected chi connectivity index (χ0v) is 18.5. The van der Waals surface area contributed by atoms with Gasteiger partial charge in [-0.2, -0.15) is 0 Å². The van der Waals surface area contributed by atoms with Crippen LogP contribution in [0.4, 0.5) is 10.5 Å². The van der Waals surface area contributed by atoms with Gasteiger partial charge in [0.15, 0.2) is 0 Å². The number of nitrogens with one attached hydrogen (secondary N) is 1. The molecule has 0 saturated carbocycles. The Labute approximate surface area is 179 Å². The van der Waals surface area contributed by atoms with Crippen molar-refractivity contribution in [3.8, 4) is 0 Å². The summed E-state index contributed by atoms with van der Waals surface area (Å²) in [6, 6.07) is 8.02. The Morgan fingerprint density at radius 3 is 2.37 bits per heavy atom. The topological polar surface area (TPSA) is 68.4 Å². The van der Waals surface area contributed by atoms with Crippen molar-refractivity contribution < 1.29 is 14.3 Å². The van der Waals surface area contributed by atoms with Crippen LogP contribution in [0.25, 0.3) is 0 Å². The number of carbonyl (C=O) groups is 2. The van der Waals surface area contributed by atoms with Crippen LogP contribution in [0, 0.1) is 0 Å². The second-order valence-electron chi connectivity index (χ2n) is 8.35. The number of benzene rings is 1. The summed E-state index contributed by atoms with van der Waals surface area (Å²) in [6.45, 7) is 7.07. The maximum atomic E-state index is 13.3. The van der Waals surface area contributed by atoms with E-state index in [9.17, 15) is 9.59 Å². The first-order valence-electron chi connectivity index (χ1n) is 10.8. The Kier molecular flexibility index (Phi) is 7.93. The van der Waals surface area contributed by atoms with Crippen molar-refractivity contribution in [2.24, 2.45) is 0 Å². The van der Waals surface area contributed by atoms with Crippen LogP contribution in [0.15, 0.2) is 24.3 Å². The second-order valence-corrected chi connectivity index (χ2v) is 8.35. The quantitative estimate of drug-likeness (QED) is 0.753. The molecule has 1 aromatic rings. The fourth-order valence-corrected chi connectivity index (χ4v) is 4.11. The van der Waals surface area contributed by atoms with Crippen LogP contribution in [0.1, 0.15) is 23.2 Å². The number of ether oxygens (including phenoxy) is 1. The molecule has 166 valence electrons. The van der Waals surface area contributed by atoms with Crippen molar-refractivity contribution in [1.29, 1.82) is 0 Å². The number of anilines is 1. The van der Waals surface area contributed by atoms with Gasteiger partial charge in [0.05, 0.1) is 12.7 Å². The van der Waals surface area contributed by atoms with Gasteiger partial charge in [-0.3, -0.25) is 9.69 Å². The molecule has 2 aliphatic rings. The number of nitrogens with zero attached hydrogens (tertiary/aromatic N) is 4. The molecule has 0 atom stereocenters. The third-order valence-corrected chi connectivity index (χ3v) is 6.00. The van der Waals surface area contributed by atoms with Gasteiger partial charge in [-0.15, -0.1) is 0 Å². The molecule has 2 amide bonds. The summed E-state index contributed by atoms with van der Waals surface area (Å²) in [5.74, 6) is 0.118. The van der Waals surface area contributed by atoms with Crippen LogP contribution in [0.5, 0.6) is 0 Å². The highest BCUT2D eigenvalue weighted by Gasteiger charge is 2.27. The molecule has 1 N–H and O–H groups in total. The van der Waals surface area contributed by atoms with E-state index in [2.05, 4.69) is 34.1 Å². The SMILES string of the molecule is COC(=O)NC1CCN(c2ccccc2C(=O)N2CCN(CCN(C)C)CC2)CC1. The van der Waals surface area contributed by atoms with E-state index >= 15 is 0 Å². The maximum absolute atomic E-state index is 13.3. The van der Waals surface area contributed by atoms with Gasteiger partial charge in [-0.25, -0.2) is 4.79 Å². The number of rotatable bonds is 6. The van der Waals surface area contributed by atoms with Gasteiger partial charge in [-0.1, -0.05) is 12.1 Å². The van der Waals surface area contributed by atoms with Gasteiger partial charge in [-0.05, 0) is 39.1 Å². The maximum Gasteiger partial charge on any atom is 0.407 e. The fraction of sp³-hybridized carbons (Fsp3) is 0.636. The lowest BCUT2D eigenvalue weighted by Crippen LogP contribution is -2.50. The lowest BCUT2D eigenvalue weighted by atomic mass is 10.0. The van der Waals surface area contributed by atoms with Crippen LogP contribution in [0.3, 0.4) is 0 Å².